The topological polar surface area (TPSA) is 61.8 Å². The molecule has 0 N–H and O–H groups in total. The number of rotatable bonds is 47. The van der Waals surface area contributed by atoms with Crippen LogP contribution in [0, 0.1) is 0 Å². The fourth-order valence-corrected chi connectivity index (χ4v) is 7.30. The number of hydrogen-bond donors (Lipinski definition) is 0. The van der Waals surface area contributed by atoms with Crippen LogP contribution >= 0.6 is 0 Å². The van der Waals surface area contributed by atoms with E-state index in [-0.39, 0.29) is 25.2 Å². The van der Waals surface area contributed by atoms with Crippen molar-refractivity contribution in [1.82, 2.24) is 0 Å². The van der Waals surface area contributed by atoms with Gasteiger partial charge >= 0.3 is 11.9 Å². The Labute approximate surface area is 361 Å². The van der Waals surface area contributed by atoms with Crippen molar-refractivity contribution in [3.8, 4) is 0 Å². The Kier molecular flexibility index (Phi) is 47.9. The van der Waals surface area contributed by atoms with E-state index >= 15 is 0 Å². The highest BCUT2D eigenvalue weighted by Gasteiger charge is 2.17. The highest BCUT2D eigenvalue weighted by Crippen LogP contribution is 2.14. The van der Waals surface area contributed by atoms with Gasteiger partial charge in [0.1, 0.15) is 6.61 Å². The van der Waals surface area contributed by atoms with Crippen LogP contribution in [0.5, 0.6) is 0 Å². The van der Waals surface area contributed by atoms with Crippen molar-refractivity contribution in [1.29, 1.82) is 0 Å². The van der Waals surface area contributed by atoms with E-state index in [1.807, 2.05) is 0 Å². The summed E-state index contributed by atoms with van der Waals surface area (Å²) in [4.78, 5) is 25.2. The molecule has 340 valence electrons. The van der Waals surface area contributed by atoms with Gasteiger partial charge in [-0.2, -0.15) is 0 Å². The Morgan fingerprint density at radius 3 is 1.19 bits per heavy atom. The van der Waals surface area contributed by atoms with Crippen LogP contribution in [0.1, 0.15) is 265 Å². The van der Waals surface area contributed by atoms with Gasteiger partial charge in [-0.1, -0.05) is 211 Å². The summed E-state index contributed by atoms with van der Waals surface area (Å²) in [7, 11) is 0. The molecule has 1 unspecified atom stereocenters. The molecule has 0 amide bonds. The second-order valence-corrected chi connectivity index (χ2v) is 17.1. The largest absolute Gasteiger partial charge is 0.462 e. The normalized spacial score (nSPS) is 12.4. The van der Waals surface area contributed by atoms with Crippen molar-refractivity contribution < 1.29 is 23.8 Å². The number of allylic oxidation sites excluding steroid dienone is 6. The van der Waals surface area contributed by atoms with E-state index in [0.29, 0.717) is 19.4 Å². The second kappa shape index (κ2) is 49.5. The van der Waals surface area contributed by atoms with Crippen molar-refractivity contribution in [2.45, 2.75) is 271 Å². The molecule has 0 aromatic heterocycles. The van der Waals surface area contributed by atoms with Gasteiger partial charge in [0, 0.05) is 19.4 Å². The third-order valence-electron chi connectivity index (χ3n) is 11.1. The molecule has 0 rings (SSSR count). The van der Waals surface area contributed by atoms with Crippen LogP contribution in [0.3, 0.4) is 0 Å². The van der Waals surface area contributed by atoms with Crippen LogP contribution in [-0.2, 0) is 23.8 Å². The molecule has 0 aromatic rings. The van der Waals surface area contributed by atoms with Crippen LogP contribution in [0.2, 0.25) is 0 Å². The van der Waals surface area contributed by atoms with E-state index < -0.39 is 6.10 Å². The lowest BCUT2D eigenvalue weighted by Crippen LogP contribution is -2.30. The molecule has 1 atom stereocenters. The van der Waals surface area contributed by atoms with E-state index in [1.165, 1.54) is 186 Å². The molecule has 0 bridgehead atoms. The summed E-state index contributed by atoms with van der Waals surface area (Å²) >= 11 is 0. The molecule has 0 aliphatic heterocycles. The van der Waals surface area contributed by atoms with Gasteiger partial charge in [0.15, 0.2) is 6.10 Å². The fraction of sp³-hybridized carbons (Fsp3) is 0.849. The predicted molar refractivity (Wildman–Crippen MR) is 252 cm³/mol. The maximum absolute atomic E-state index is 12.7. The average Bonchev–Trinajstić information content (AvgIpc) is 3.22. The molecule has 0 spiro atoms. The summed E-state index contributed by atoms with van der Waals surface area (Å²) in [6.45, 7) is 7.77. The van der Waals surface area contributed by atoms with Gasteiger partial charge in [-0.05, 0) is 77.0 Å². The van der Waals surface area contributed by atoms with Gasteiger partial charge in [-0.15, -0.1) is 0 Å². The number of carbonyl (C=O) groups is 2. The molecule has 5 heteroatoms. The fourth-order valence-electron chi connectivity index (χ4n) is 7.30. The molecule has 0 aliphatic rings. The van der Waals surface area contributed by atoms with E-state index in [0.717, 1.165) is 44.9 Å². The van der Waals surface area contributed by atoms with Crippen molar-refractivity contribution in [2.24, 2.45) is 0 Å². The molecule has 5 nitrogen and oxygen atoms in total. The molecule has 58 heavy (non-hydrogen) atoms. The predicted octanol–water partition coefficient (Wildman–Crippen LogP) is 17.0. The monoisotopic (exact) mass is 815 g/mol. The van der Waals surface area contributed by atoms with Crippen molar-refractivity contribution in [2.75, 3.05) is 19.8 Å². The zero-order chi connectivity index (χ0) is 42.1. The Balaban J connectivity index is 4.10. The van der Waals surface area contributed by atoms with Gasteiger partial charge in [0.2, 0.25) is 0 Å². The molecule has 0 saturated carbocycles. The van der Waals surface area contributed by atoms with E-state index in [9.17, 15) is 9.59 Å². The van der Waals surface area contributed by atoms with E-state index in [1.54, 1.807) is 0 Å². The second-order valence-electron chi connectivity index (χ2n) is 17.1. The molecule has 0 saturated heterocycles. The molecule has 0 fully saturated rings. The first-order chi connectivity index (χ1) is 28.6. The minimum absolute atomic E-state index is 0.0835. The van der Waals surface area contributed by atoms with Gasteiger partial charge in [-0.3, -0.25) is 9.59 Å². The first-order valence-electron chi connectivity index (χ1n) is 25.5. The van der Waals surface area contributed by atoms with Crippen LogP contribution in [0.25, 0.3) is 0 Å². The lowest BCUT2D eigenvalue weighted by atomic mass is 10.1. The smallest absolute Gasteiger partial charge is 0.306 e. The number of unbranched alkanes of at least 4 members (excludes halogenated alkanes) is 30. The van der Waals surface area contributed by atoms with Crippen LogP contribution < -0.4 is 0 Å². The Morgan fingerprint density at radius 2 is 0.724 bits per heavy atom. The van der Waals surface area contributed by atoms with Crippen LogP contribution in [-0.4, -0.2) is 37.9 Å². The number of hydrogen-bond acceptors (Lipinski definition) is 5. The zero-order valence-corrected chi connectivity index (χ0v) is 39.1. The van der Waals surface area contributed by atoms with Gasteiger partial charge in [0.05, 0.1) is 6.61 Å². The third kappa shape index (κ3) is 46.8. The highest BCUT2D eigenvalue weighted by molar-refractivity contribution is 5.70. The lowest BCUT2D eigenvalue weighted by Gasteiger charge is -2.18. The van der Waals surface area contributed by atoms with Crippen molar-refractivity contribution >= 4 is 11.9 Å². The molecule has 0 aromatic carbocycles. The van der Waals surface area contributed by atoms with Crippen LogP contribution in [0.15, 0.2) is 36.5 Å². The Morgan fingerprint density at radius 1 is 0.379 bits per heavy atom. The summed E-state index contributed by atoms with van der Waals surface area (Å²) in [6, 6.07) is 0. The van der Waals surface area contributed by atoms with Crippen molar-refractivity contribution in [3.05, 3.63) is 36.5 Å². The zero-order valence-electron chi connectivity index (χ0n) is 39.1. The minimum Gasteiger partial charge on any atom is -0.462 e. The quantitative estimate of drug-likeness (QED) is 0.0348. The van der Waals surface area contributed by atoms with E-state index in [2.05, 4.69) is 57.2 Å². The van der Waals surface area contributed by atoms with Crippen molar-refractivity contribution in [3.63, 3.8) is 0 Å². The van der Waals surface area contributed by atoms with Gasteiger partial charge in [-0.25, -0.2) is 0 Å². The highest BCUT2D eigenvalue weighted by atomic mass is 16.6. The van der Waals surface area contributed by atoms with Gasteiger partial charge < -0.3 is 14.2 Å². The number of carbonyl (C=O) groups excluding carboxylic acids is 2. The number of esters is 2. The molecule has 0 heterocycles. The Hall–Kier alpha value is -1.88. The first-order valence-corrected chi connectivity index (χ1v) is 25.5. The lowest BCUT2D eigenvalue weighted by molar-refractivity contribution is -0.163. The standard InChI is InChI=1S/C53H98O5/c1-4-7-10-13-16-18-20-22-24-26-27-28-29-31-33-35-38-40-43-46-52(54)57-50-51(58-53(55)47-44-41-37-15-12-9-6-3)49-56-48-45-42-39-36-34-32-30-25-23-21-19-17-14-11-8-5-2/h17,19,22-25,51H,4-16,18,20-21,26-50H2,1-3H3/b19-17-,24-22-,25-23-. The molecule has 0 aliphatic carbocycles. The van der Waals surface area contributed by atoms with Gasteiger partial charge in [0.25, 0.3) is 0 Å². The first kappa shape index (κ1) is 56.1. The average molecular weight is 815 g/mol. The summed E-state index contributed by atoms with van der Waals surface area (Å²) in [6.07, 6.45) is 58.8. The SMILES string of the molecule is CCCCC/C=C\C/C=C\CCCCCCCCOCC(COC(=O)CCCCCCCCCCC/C=C\CCCCCCCC)OC(=O)CCCCCCCCC. The van der Waals surface area contributed by atoms with Crippen LogP contribution in [0.4, 0.5) is 0 Å². The summed E-state index contributed by atoms with van der Waals surface area (Å²) in [5.74, 6) is -0.401. The van der Waals surface area contributed by atoms with E-state index in [4.69, 9.17) is 14.2 Å². The Bertz CT molecular complexity index is 924. The third-order valence-corrected chi connectivity index (χ3v) is 11.1. The minimum atomic E-state index is -0.535. The molecule has 0 radical (unpaired) electrons. The maximum atomic E-state index is 12.7. The summed E-state index contributed by atoms with van der Waals surface area (Å²) < 4.78 is 17.3. The number of ether oxygens (including phenoxy) is 3. The molecular formula is C53H98O5. The maximum Gasteiger partial charge on any atom is 0.306 e. The molecular weight excluding hydrogens is 717 g/mol. The summed E-state index contributed by atoms with van der Waals surface area (Å²) in [5, 5.41) is 0. The summed E-state index contributed by atoms with van der Waals surface area (Å²) in [5.41, 5.74) is 0.